The SMILES string of the molecule is CC(C)C(C)(CN)NC(=O)C1CCS(=O)(=O)C1.Cl. The molecule has 0 aromatic carbocycles. The maximum atomic E-state index is 12.0. The predicted octanol–water partition coefficient (Wildman–Crippen LogP) is 0.333. The van der Waals surface area contributed by atoms with Crippen LogP contribution in [0.5, 0.6) is 0 Å². The van der Waals surface area contributed by atoms with Gasteiger partial charge in [-0.3, -0.25) is 4.79 Å². The standard InChI is InChI=1S/C11H22N2O3S.ClH/c1-8(2)11(3,7-12)13-10(14)9-4-5-17(15,16)6-9;/h8-9H,4-7,12H2,1-3H3,(H,13,14);1H. The maximum absolute atomic E-state index is 12.0. The van der Waals surface area contributed by atoms with Crippen LogP contribution in [-0.2, 0) is 14.6 Å². The summed E-state index contributed by atoms with van der Waals surface area (Å²) in [6.07, 6.45) is 0.424. The Hall–Kier alpha value is -0.330. The van der Waals surface area contributed by atoms with E-state index in [9.17, 15) is 13.2 Å². The molecule has 0 saturated carbocycles. The summed E-state index contributed by atoms with van der Waals surface area (Å²) in [5, 5.41) is 2.89. The minimum atomic E-state index is -3.02. The van der Waals surface area contributed by atoms with E-state index in [1.54, 1.807) is 0 Å². The lowest BCUT2D eigenvalue weighted by atomic mass is 9.88. The second-order valence-corrected chi connectivity index (χ2v) is 7.59. The molecule has 18 heavy (non-hydrogen) atoms. The van der Waals surface area contributed by atoms with E-state index in [1.807, 2.05) is 20.8 Å². The molecule has 1 aliphatic heterocycles. The number of hydrogen-bond acceptors (Lipinski definition) is 4. The van der Waals surface area contributed by atoms with Crippen LogP contribution in [-0.4, -0.2) is 37.9 Å². The van der Waals surface area contributed by atoms with Gasteiger partial charge < -0.3 is 11.1 Å². The molecule has 0 aromatic heterocycles. The van der Waals surface area contributed by atoms with E-state index in [-0.39, 0.29) is 35.7 Å². The number of halogens is 1. The third kappa shape index (κ3) is 4.10. The van der Waals surface area contributed by atoms with Crippen LogP contribution in [0, 0.1) is 11.8 Å². The van der Waals surface area contributed by atoms with Crippen molar-refractivity contribution in [3.05, 3.63) is 0 Å². The molecule has 0 aliphatic carbocycles. The lowest BCUT2D eigenvalue weighted by Crippen LogP contribution is -2.56. The van der Waals surface area contributed by atoms with Crippen LogP contribution in [0.3, 0.4) is 0 Å². The third-order valence-corrected chi connectivity index (χ3v) is 5.48. The Bertz CT molecular complexity index is 397. The van der Waals surface area contributed by atoms with Crippen LogP contribution in [0.15, 0.2) is 0 Å². The summed E-state index contributed by atoms with van der Waals surface area (Å²) >= 11 is 0. The second-order valence-electron chi connectivity index (χ2n) is 5.37. The van der Waals surface area contributed by atoms with Gasteiger partial charge in [-0.05, 0) is 19.3 Å². The first-order valence-electron chi connectivity index (χ1n) is 5.93. The number of rotatable bonds is 4. The zero-order valence-corrected chi connectivity index (χ0v) is 12.7. The van der Waals surface area contributed by atoms with Gasteiger partial charge in [0.15, 0.2) is 9.84 Å². The second kappa shape index (κ2) is 6.21. The highest BCUT2D eigenvalue weighted by Gasteiger charge is 2.36. The highest BCUT2D eigenvalue weighted by Crippen LogP contribution is 2.21. The molecule has 0 radical (unpaired) electrons. The molecular weight excluding hydrogens is 276 g/mol. The van der Waals surface area contributed by atoms with Gasteiger partial charge in [-0.25, -0.2) is 8.42 Å². The van der Waals surface area contributed by atoms with E-state index in [1.165, 1.54) is 0 Å². The van der Waals surface area contributed by atoms with Crippen molar-refractivity contribution in [2.75, 3.05) is 18.1 Å². The van der Waals surface area contributed by atoms with Gasteiger partial charge in [0.25, 0.3) is 0 Å². The topological polar surface area (TPSA) is 89.3 Å². The third-order valence-electron chi connectivity index (χ3n) is 3.71. The van der Waals surface area contributed by atoms with Crippen molar-refractivity contribution < 1.29 is 13.2 Å². The Morgan fingerprint density at radius 3 is 2.39 bits per heavy atom. The smallest absolute Gasteiger partial charge is 0.224 e. The number of amides is 1. The van der Waals surface area contributed by atoms with Gasteiger partial charge in [0.05, 0.1) is 23.0 Å². The van der Waals surface area contributed by atoms with Crippen molar-refractivity contribution in [1.29, 1.82) is 0 Å². The number of nitrogens with one attached hydrogen (secondary N) is 1. The summed E-state index contributed by atoms with van der Waals surface area (Å²) in [5.74, 6) is -0.309. The Labute approximate surface area is 115 Å². The molecule has 1 rings (SSSR count). The molecule has 1 aliphatic rings. The van der Waals surface area contributed by atoms with Gasteiger partial charge in [0, 0.05) is 6.54 Å². The van der Waals surface area contributed by atoms with Gasteiger partial charge in [-0.1, -0.05) is 13.8 Å². The van der Waals surface area contributed by atoms with Gasteiger partial charge in [-0.15, -0.1) is 12.4 Å². The Balaban J connectivity index is 0.00000289. The summed E-state index contributed by atoms with van der Waals surface area (Å²) in [5.41, 5.74) is 5.21. The van der Waals surface area contributed by atoms with Crippen LogP contribution in [0.25, 0.3) is 0 Å². The average molecular weight is 299 g/mol. The zero-order valence-electron chi connectivity index (χ0n) is 11.1. The zero-order chi connectivity index (χ0) is 13.3. The summed E-state index contributed by atoms with van der Waals surface area (Å²) < 4.78 is 22.6. The fraction of sp³-hybridized carbons (Fsp3) is 0.909. The molecule has 1 heterocycles. The molecule has 5 nitrogen and oxygen atoms in total. The number of nitrogens with two attached hydrogens (primary N) is 1. The van der Waals surface area contributed by atoms with Crippen molar-refractivity contribution in [2.24, 2.45) is 17.6 Å². The van der Waals surface area contributed by atoms with Crippen molar-refractivity contribution in [3.8, 4) is 0 Å². The van der Waals surface area contributed by atoms with Crippen molar-refractivity contribution in [1.82, 2.24) is 5.32 Å². The lowest BCUT2D eigenvalue weighted by Gasteiger charge is -2.34. The molecule has 108 valence electrons. The number of sulfone groups is 1. The van der Waals surface area contributed by atoms with Gasteiger partial charge in [0.1, 0.15) is 0 Å². The van der Waals surface area contributed by atoms with Crippen LogP contribution in [0.2, 0.25) is 0 Å². The van der Waals surface area contributed by atoms with Gasteiger partial charge in [0.2, 0.25) is 5.91 Å². The summed E-state index contributed by atoms with van der Waals surface area (Å²) in [4.78, 5) is 12.0. The fourth-order valence-electron chi connectivity index (χ4n) is 1.82. The highest BCUT2D eigenvalue weighted by atomic mass is 35.5. The Kier molecular flexibility index (Phi) is 6.10. The summed E-state index contributed by atoms with van der Waals surface area (Å²) in [7, 11) is -3.02. The number of carbonyl (C=O) groups is 1. The first-order chi connectivity index (χ1) is 7.70. The average Bonchev–Trinajstić information content (AvgIpc) is 2.58. The first-order valence-corrected chi connectivity index (χ1v) is 7.75. The fourth-order valence-corrected chi connectivity index (χ4v) is 3.56. The number of carbonyl (C=O) groups excluding carboxylic acids is 1. The van der Waals surface area contributed by atoms with E-state index in [4.69, 9.17) is 5.73 Å². The molecule has 3 N–H and O–H groups in total. The molecule has 2 atom stereocenters. The van der Waals surface area contributed by atoms with E-state index < -0.39 is 21.3 Å². The van der Waals surface area contributed by atoms with Crippen LogP contribution in [0.1, 0.15) is 27.2 Å². The van der Waals surface area contributed by atoms with Crippen molar-refractivity contribution in [2.45, 2.75) is 32.7 Å². The van der Waals surface area contributed by atoms with E-state index in [2.05, 4.69) is 5.32 Å². The van der Waals surface area contributed by atoms with Crippen molar-refractivity contribution in [3.63, 3.8) is 0 Å². The minimum Gasteiger partial charge on any atom is -0.349 e. The molecule has 2 unspecified atom stereocenters. The first kappa shape index (κ1) is 17.7. The largest absolute Gasteiger partial charge is 0.349 e. The maximum Gasteiger partial charge on any atom is 0.224 e. The Morgan fingerprint density at radius 2 is 2.06 bits per heavy atom. The Morgan fingerprint density at radius 1 is 1.50 bits per heavy atom. The minimum absolute atomic E-state index is 0. The molecule has 1 amide bonds. The molecule has 0 aromatic rings. The quantitative estimate of drug-likeness (QED) is 0.783. The molecule has 1 fully saturated rings. The van der Waals surface area contributed by atoms with Gasteiger partial charge >= 0.3 is 0 Å². The summed E-state index contributed by atoms with van der Waals surface area (Å²) in [6.45, 7) is 6.20. The van der Waals surface area contributed by atoms with Crippen molar-refractivity contribution >= 4 is 28.2 Å². The monoisotopic (exact) mass is 298 g/mol. The van der Waals surface area contributed by atoms with Crippen LogP contribution in [0.4, 0.5) is 0 Å². The normalized spacial score (nSPS) is 25.3. The molecule has 0 bridgehead atoms. The van der Waals surface area contributed by atoms with E-state index >= 15 is 0 Å². The highest BCUT2D eigenvalue weighted by molar-refractivity contribution is 7.91. The lowest BCUT2D eigenvalue weighted by molar-refractivity contribution is -0.126. The molecule has 0 spiro atoms. The number of hydrogen-bond donors (Lipinski definition) is 2. The molecular formula is C11H23ClN2O3S. The molecule has 7 heteroatoms. The predicted molar refractivity (Wildman–Crippen MR) is 74.4 cm³/mol. The summed E-state index contributed by atoms with van der Waals surface area (Å²) in [6, 6.07) is 0. The van der Waals surface area contributed by atoms with Crippen LogP contribution >= 0.6 is 12.4 Å². The van der Waals surface area contributed by atoms with E-state index in [0.29, 0.717) is 13.0 Å². The molecule has 1 saturated heterocycles. The van der Waals surface area contributed by atoms with Crippen LogP contribution < -0.4 is 11.1 Å². The van der Waals surface area contributed by atoms with Gasteiger partial charge in [-0.2, -0.15) is 0 Å². The van der Waals surface area contributed by atoms with E-state index in [0.717, 1.165) is 0 Å².